The quantitative estimate of drug-likeness (QED) is 0.751. The van der Waals surface area contributed by atoms with E-state index in [1.165, 1.54) is 4.90 Å². The number of hydrogen-bond donors (Lipinski definition) is 1. The molecule has 6 nitrogen and oxygen atoms in total. The zero-order valence-electron chi connectivity index (χ0n) is 13.6. The lowest BCUT2D eigenvalue weighted by molar-refractivity contribution is 0.156. The summed E-state index contributed by atoms with van der Waals surface area (Å²) in [5.74, 6) is 0.395. The fourth-order valence-electron chi connectivity index (χ4n) is 2.34. The number of ether oxygens (including phenoxy) is 1. The van der Waals surface area contributed by atoms with Crippen LogP contribution in [0, 0.1) is 0 Å². The molecule has 7 heteroatoms. The predicted octanol–water partition coefficient (Wildman–Crippen LogP) is 3.94. The van der Waals surface area contributed by atoms with Gasteiger partial charge in [0.15, 0.2) is 5.82 Å². The van der Waals surface area contributed by atoms with Gasteiger partial charge >= 0.3 is 6.09 Å². The minimum absolute atomic E-state index is 0.293. The normalized spacial score (nSPS) is 10.5. The van der Waals surface area contributed by atoms with Gasteiger partial charge in [0.05, 0.1) is 6.61 Å². The van der Waals surface area contributed by atoms with Crippen molar-refractivity contribution >= 4 is 23.5 Å². The standard InChI is InChI=1S/C18H17ClN4O2/c1-23(18(24)25-12-11-13-5-3-2-4-6-13)17-16(20-22-21-17)14-7-9-15(19)10-8-14/h2-10H,11-12H2,1H3,(H,20,21,22). The summed E-state index contributed by atoms with van der Waals surface area (Å²) in [7, 11) is 1.60. The zero-order chi connectivity index (χ0) is 17.6. The van der Waals surface area contributed by atoms with Crippen molar-refractivity contribution in [2.45, 2.75) is 6.42 Å². The number of nitrogens with zero attached hydrogens (tertiary/aromatic N) is 3. The van der Waals surface area contributed by atoms with Crippen LogP contribution >= 0.6 is 11.6 Å². The largest absolute Gasteiger partial charge is 0.449 e. The van der Waals surface area contributed by atoms with Gasteiger partial charge in [-0.15, -0.1) is 5.10 Å². The molecule has 3 aromatic rings. The highest BCUT2D eigenvalue weighted by atomic mass is 35.5. The minimum atomic E-state index is -0.486. The first-order chi connectivity index (χ1) is 12.1. The first-order valence-corrected chi connectivity index (χ1v) is 8.14. The number of halogens is 1. The van der Waals surface area contributed by atoms with E-state index in [0.29, 0.717) is 29.6 Å². The maximum absolute atomic E-state index is 12.3. The van der Waals surface area contributed by atoms with Crippen LogP contribution in [0.1, 0.15) is 5.56 Å². The lowest BCUT2D eigenvalue weighted by Crippen LogP contribution is -2.28. The molecular formula is C18H17ClN4O2. The fraction of sp³-hybridized carbons (Fsp3) is 0.167. The molecule has 0 fully saturated rings. The number of rotatable bonds is 5. The molecule has 0 saturated carbocycles. The van der Waals surface area contributed by atoms with Crippen molar-refractivity contribution in [1.82, 2.24) is 15.4 Å². The third-order valence-corrected chi connectivity index (χ3v) is 3.95. The number of amides is 1. The van der Waals surface area contributed by atoms with Crippen molar-refractivity contribution < 1.29 is 9.53 Å². The molecule has 0 atom stereocenters. The molecule has 0 bridgehead atoms. The van der Waals surface area contributed by atoms with Gasteiger partial charge in [-0.25, -0.2) is 4.79 Å². The number of H-pyrrole nitrogens is 1. The highest BCUT2D eigenvalue weighted by Gasteiger charge is 2.20. The monoisotopic (exact) mass is 356 g/mol. The first kappa shape index (κ1) is 17.0. The Labute approximate surface area is 150 Å². The molecule has 0 saturated heterocycles. The second-order valence-electron chi connectivity index (χ2n) is 5.41. The second-order valence-corrected chi connectivity index (χ2v) is 5.85. The maximum atomic E-state index is 12.3. The summed E-state index contributed by atoms with van der Waals surface area (Å²) in [4.78, 5) is 13.6. The van der Waals surface area contributed by atoms with Crippen LogP contribution in [0.5, 0.6) is 0 Å². The zero-order valence-corrected chi connectivity index (χ0v) is 14.4. The molecule has 1 heterocycles. The second kappa shape index (κ2) is 7.81. The third kappa shape index (κ3) is 4.16. The Balaban J connectivity index is 1.64. The molecule has 0 unspecified atom stereocenters. The average molecular weight is 357 g/mol. The minimum Gasteiger partial charge on any atom is -0.449 e. The van der Waals surface area contributed by atoms with Crippen LogP contribution in [0.15, 0.2) is 54.6 Å². The molecule has 0 aliphatic carbocycles. The summed E-state index contributed by atoms with van der Waals surface area (Å²) in [6, 6.07) is 17.0. The smallest absolute Gasteiger partial charge is 0.415 e. The molecular weight excluding hydrogens is 340 g/mol. The Kier molecular flexibility index (Phi) is 5.30. The number of aromatic amines is 1. The molecule has 1 amide bonds. The van der Waals surface area contributed by atoms with E-state index in [1.54, 1.807) is 19.2 Å². The summed E-state index contributed by atoms with van der Waals surface area (Å²) in [6.45, 7) is 0.293. The number of hydrogen-bond acceptors (Lipinski definition) is 4. The lowest BCUT2D eigenvalue weighted by atomic mass is 10.1. The molecule has 128 valence electrons. The molecule has 0 radical (unpaired) electrons. The Morgan fingerprint density at radius 2 is 1.84 bits per heavy atom. The third-order valence-electron chi connectivity index (χ3n) is 3.70. The van der Waals surface area contributed by atoms with E-state index in [4.69, 9.17) is 16.3 Å². The van der Waals surface area contributed by atoms with Gasteiger partial charge in [-0.05, 0) is 17.7 Å². The first-order valence-electron chi connectivity index (χ1n) is 7.76. The Bertz CT molecular complexity index is 834. The van der Waals surface area contributed by atoms with Crippen molar-refractivity contribution in [2.75, 3.05) is 18.6 Å². The number of benzene rings is 2. The molecule has 0 aliphatic rings. The van der Waals surface area contributed by atoms with E-state index in [2.05, 4.69) is 15.4 Å². The van der Waals surface area contributed by atoms with Crippen LogP contribution < -0.4 is 4.90 Å². The number of aromatic nitrogens is 3. The molecule has 0 aliphatic heterocycles. The molecule has 3 rings (SSSR count). The van der Waals surface area contributed by atoms with Gasteiger partial charge in [-0.2, -0.15) is 10.3 Å². The molecule has 1 aromatic heterocycles. The van der Waals surface area contributed by atoms with Crippen molar-refractivity contribution in [2.24, 2.45) is 0 Å². The summed E-state index contributed by atoms with van der Waals surface area (Å²) in [6.07, 6.45) is 0.170. The maximum Gasteiger partial charge on any atom is 0.415 e. The topological polar surface area (TPSA) is 71.1 Å². The molecule has 1 N–H and O–H groups in total. The van der Waals surface area contributed by atoms with Crippen LogP contribution in [0.2, 0.25) is 5.02 Å². The van der Waals surface area contributed by atoms with Crippen LogP contribution in [-0.2, 0) is 11.2 Å². The van der Waals surface area contributed by atoms with Gasteiger partial charge in [0.2, 0.25) is 0 Å². The van der Waals surface area contributed by atoms with Gasteiger partial charge in [-0.1, -0.05) is 54.1 Å². The van der Waals surface area contributed by atoms with E-state index in [0.717, 1.165) is 11.1 Å². The number of carbonyl (C=O) groups is 1. The lowest BCUT2D eigenvalue weighted by Gasteiger charge is -2.15. The molecule has 2 aromatic carbocycles. The van der Waals surface area contributed by atoms with E-state index in [-0.39, 0.29) is 0 Å². The van der Waals surface area contributed by atoms with Gasteiger partial charge in [-0.3, -0.25) is 4.90 Å². The summed E-state index contributed by atoms with van der Waals surface area (Å²) >= 11 is 5.91. The highest BCUT2D eigenvalue weighted by molar-refractivity contribution is 6.30. The van der Waals surface area contributed by atoms with Gasteiger partial charge in [0, 0.05) is 24.1 Å². The van der Waals surface area contributed by atoms with Crippen molar-refractivity contribution in [3.05, 3.63) is 65.2 Å². The number of anilines is 1. The Morgan fingerprint density at radius 3 is 2.56 bits per heavy atom. The van der Waals surface area contributed by atoms with Crippen molar-refractivity contribution in [3.63, 3.8) is 0 Å². The summed E-state index contributed by atoms with van der Waals surface area (Å²) in [5, 5.41) is 11.4. The predicted molar refractivity (Wildman–Crippen MR) is 96.7 cm³/mol. The van der Waals surface area contributed by atoms with Gasteiger partial charge in [0.1, 0.15) is 5.69 Å². The highest BCUT2D eigenvalue weighted by Crippen LogP contribution is 2.27. The van der Waals surface area contributed by atoms with E-state index in [9.17, 15) is 4.79 Å². The Hall–Kier alpha value is -2.86. The van der Waals surface area contributed by atoms with Gasteiger partial charge < -0.3 is 4.74 Å². The molecule has 0 spiro atoms. The SMILES string of the molecule is CN(C(=O)OCCc1ccccc1)c1n[nH]nc1-c1ccc(Cl)cc1. The van der Waals surface area contributed by atoms with Crippen molar-refractivity contribution in [3.8, 4) is 11.3 Å². The fourth-order valence-corrected chi connectivity index (χ4v) is 2.47. The summed E-state index contributed by atoms with van der Waals surface area (Å²) in [5.41, 5.74) is 2.47. The van der Waals surface area contributed by atoms with Crippen molar-refractivity contribution in [1.29, 1.82) is 0 Å². The van der Waals surface area contributed by atoms with Crippen LogP contribution in [-0.4, -0.2) is 35.2 Å². The Morgan fingerprint density at radius 1 is 1.12 bits per heavy atom. The van der Waals surface area contributed by atoms with Crippen LogP contribution in [0.25, 0.3) is 11.3 Å². The van der Waals surface area contributed by atoms with E-state index >= 15 is 0 Å². The van der Waals surface area contributed by atoms with E-state index in [1.807, 2.05) is 42.5 Å². The number of carbonyl (C=O) groups excluding carboxylic acids is 1. The van der Waals surface area contributed by atoms with Gasteiger partial charge in [0.25, 0.3) is 0 Å². The van der Waals surface area contributed by atoms with Crippen LogP contribution in [0.3, 0.4) is 0 Å². The number of nitrogens with one attached hydrogen (secondary N) is 1. The average Bonchev–Trinajstić information content (AvgIpc) is 3.12. The van der Waals surface area contributed by atoms with Crippen LogP contribution in [0.4, 0.5) is 10.6 Å². The summed E-state index contributed by atoms with van der Waals surface area (Å²) < 4.78 is 5.33. The molecule has 25 heavy (non-hydrogen) atoms. The van der Waals surface area contributed by atoms with E-state index < -0.39 is 6.09 Å².